The van der Waals surface area contributed by atoms with Gasteiger partial charge in [0.15, 0.2) is 0 Å². The topological polar surface area (TPSA) is 87.7 Å². The lowest BCUT2D eigenvalue weighted by Crippen LogP contribution is -2.41. The molecule has 7 heteroatoms. The number of benzene rings is 1. The fourth-order valence-electron chi connectivity index (χ4n) is 2.96. The van der Waals surface area contributed by atoms with E-state index in [1.54, 1.807) is 24.3 Å². The minimum Gasteiger partial charge on any atom is -0.375 e. The first-order chi connectivity index (χ1) is 10.6. The van der Waals surface area contributed by atoms with Crippen molar-refractivity contribution in [2.75, 3.05) is 25.6 Å². The van der Waals surface area contributed by atoms with Crippen molar-refractivity contribution in [3.8, 4) is 0 Å². The van der Waals surface area contributed by atoms with E-state index in [4.69, 9.17) is 4.74 Å². The molecule has 2 heterocycles. The lowest BCUT2D eigenvalue weighted by molar-refractivity contribution is -0.125. The van der Waals surface area contributed by atoms with Gasteiger partial charge in [0.05, 0.1) is 11.3 Å². The van der Waals surface area contributed by atoms with Gasteiger partial charge in [0.1, 0.15) is 12.6 Å². The molecule has 3 rings (SSSR count). The smallest absolute Gasteiger partial charge is 0.256 e. The molecule has 116 valence electrons. The Bertz CT molecular complexity index is 631. The maximum atomic E-state index is 12.6. The van der Waals surface area contributed by atoms with E-state index < -0.39 is 6.04 Å². The van der Waals surface area contributed by atoms with E-state index in [2.05, 4.69) is 10.6 Å². The maximum absolute atomic E-state index is 12.6. The van der Waals surface area contributed by atoms with Gasteiger partial charge in [-0.1, -0.05) is 12.1 Å². The number of ether oxygens (including phenoxy) is 1. The molecule has 0 saturated carbocycles. The monoisotopic (exact) mass is 303 g/mol. The van der Waals surface area contributed by atoms with E-state index in [0.717, 1.165) is 0 Å². The van der Waals surface area contributed by atoms with Crippen LogP contribution < -0.4 is 10.6 Å². The SMILES string of the molecule is COCC(=O)NC1CC2C(=O)Nc3ccccc3C(=O)N2C1. The van der Waals surface area contributed by atoms with Crippen molar-refractivity contribution in [2.24, 2.45) is 0 Å². The summed E-state index contributed by atoms with van der Waals surface area (Å²) in [6.07, 6.45) is 0.404. The quantitative estimate of drug-likeness (QED) is 0.822. The number of hydrogen-bond donors (Lipinski definition) is 2. The van der Waals surface area contributed by atoms with Crippen LogP contribution in [0.25, 0.3) is 0 Å². The lowest BCUT2D eigenvalue weighted by atomic mass is 10.1. The molecular weight excluding hydrogens is 286 g/mol. The summed E-state index contributed by atoms with van der Waals surface area (Å²) in [5.74, 6) is -0.664. The van der Waals surface area contributed by atoms with Crippen molar-refractivity contribution in [3.63, 3.8) is 0 Å². The van der Waals surface area contributed by atoms with Gasteiger partial charge in [-0.3, -0.25) is 14.4 Å². The fourth-order valence-corrected chi connectivity index (χ4v) is 2.96. The summed E-state index contributed by atoms with van der Waals surface area (Å²) in [7, 11) is 1.44. The predicted octanol–water partition coefficient (Wildman–Crippen LogP) is -0.0156. The van der Waals surface area contributed by atoms with E-state index >= 15 is 0 Å². The molecule has 2 aliphatic rings. The summed E-state index contributed by atoms with van der Waals surface area (Å²) >= 11 is 0. The molecule has 7 nitrogen and oxygen atoms in total. The van der Waals surface area contributed by atoms with E-state index in [-0.39, 0.29) is 30.4 Å². The summed E-state index contributed by atoms with van der Waals surface area (Å²) in [4.78, 5) is 38.1. The predicted molar refractivity (Wildman–Crippen MR) is 78.3 cm³/mol. The second-order valence-electron chi connectivity index (χ2n) is 5.44. The van der Waals surface area contributed by atoms with Crippen molar-refractivity contribution < 1.29 is 19.1 Å². The lowest BCUT2D eigenvalue weighted by Gasteiger charge is -2.20. The van der Waals surface area contributed by atoms with Gasteiger partial charge in [-0.2, -0.15) is 0 Å². The zero-order valence-electron chi connectivity index (χ0n) is 12.2. The van der Waals surface area contributed by atoms with Crippen LogP contribution in [0.3, 0.4) is 0 Å². The second kappa shape index (κ2) is 5.76. The first-order valence-corrected chi connectivity index (χ1v) is 7.09. The highest BCUT2D eigenvalue weighted by Crippen LogP contribution is 2.28. The van der Waals surface area contributed by atoms with Crippen LogP contribution in [-0.2, 0) is 14.3 Å². The van der Waals surface area contributed by atoms with Gasteiger partial charge in [-0.15, -0.1) is 0 Å². The Morgan fingerprint density at radius 1 is 1.41 bits per heavy atom. The number of nitrogens with one attached hydrogen (secondary N) is 2. The van der Waals surface area contributed by atoms with Gasteiger partial charge in [0.25, 0.3) is 5.91 Å². The van der Waals surface area contributed by atoms with Crippen molar-refractivity contribution in [3.05, 3.63) is 29.8 Å². The average Bonchev–Trinajstić information content (AvgIpc) is 2.87. The highest BCUT2D eigenvalue weighted by atomic mass is 16.5. The molecular formula is C15H17N3O4. The third kappa shape index (κ3) is 2.55. The molecule has 3 amide bonds. The minimum atomic E-state index is -0.562. The molecule has 0 spiro atoms. The molecule has 2 N–H and O–H groups in total. The molecule has 0 aliphatic carbocycles. The van der Waals surface area contributed by atoms with Crippen LogP contribution in [0.5, 0.6) is 0 Å². The third-order valence-corrected chi connectivity index (χ3v) is 3.92. The van der Waals surface area contributed by atoms with E-state index in [0.29, 0.717) is 24.2 Å². The Labute approximate surface area is 127 Å². The zero-order valence-corrected chi connectivity index (χ0v) is 12.2. The summed E-state index contributed by atoms with van der Waals surface area (Å²) in [6, 6.07) is 6.14. The number of methoxy groups -OCH3 is 1. The molecule has 1 aromatic carbocycles. The molecule has 1 saturated heterocycles. The van der Waals surface area contributed by atoms with Gasteiger partial charge in [-0.05, 0) is 18.6 Å². The molecule has 2 aliphatic heterocycles. The number of carbonyl (C=O) groups is 3. The van der Waals surface area contributed by atoms with Crippen molar-refractivity contribution in [2.45, 2.75) is 18.5 Å². The molecule has 0 aromatic heterocycles. The molecule has 1 aromatic rings. The van der Waals surface area contributed by atoms with Crippen LogP contribution in [0.4, 0.5) is 5.69 Å². The highest BCUT2D eigenvalue weighted by Gasteiger charge is 2.42. The van der Waals surface area contributed by atoms with Gasteiger partial charge < -0.3 is 20.3 Å². The van der Waals surface area contributed by atoms with Crippen LogP contribution in [0.2, 0.25) is 0 Å². The number of amides is 3. The Hall–Kier alpha value is -2.41. The third-order valence-electron chi connectivity index (χ3n) is 3.92. The number of anilines is 1. The maximum Gasteiger partial charge on any atom is 0.256 e. The highest BCUT2D eigenvalue weighted by molar-refractivity contribution is 6.10. The standard InChI is InChI=1S/C15H17N3O4/c1-22-8-13(19)16-9-6-12-14(20)17-11-5-3-2-4-10(11)15(21)18(12)7-9/h2-5,9,12H,6-8H2,1H3,(H,16,19)(H,17,20). The van der Waals surface area contributed by atoms with Crippen molar-refractivity contribution >= 4 is 23.4 Å². The zero-order chi connectivity index (χ0) is 15.7. The Balaban J connectivity index is 1.80. The van der Waals surface area contributed by atoms with E-state index in [1.165, 1.54) is 12.0 Å². The fraction of sp³-hybridized carbons (Fsp3) is 0.400. The Kier molecular flexibility index (Phi) is 3.81. The van der Waals surface area contributed by atoms with Crippen LogP contribution in [0, 0.1) is 0 Å². The minimum absolute atomic E-state index is 0.0376. The van der Waals surface area contributed by atoms with E-state index in [9.17, 15) is 14.4 Å². The molecule has 2 unspecified atom stereocenters. The molecule has 0 radical (unpaired) electrons. The summed E-state index contributed by atoms with van der Waals surface area (Å²) in [5.41, 5.74) is 1.01. The second-order valence-corrected chi connectivity index (χ2v) is 5.44. The number of nitrogens with zero attached hydrogens (tertiary/aromatic N) is 1. The van der Waals surface area contributed by atoms with Gasteiger partial charge in [-0.25, -0.2) is 0 Å². The van der Waals surface area contributed by atoms with E-state index in [1.807, 2.05) is 0 Å². The summed E-state index contributed by atoms with van der Waals surface area (Å²) < 4.78 is 4.77. The number of para-hydroxylation sites is 1. The molecule has 1 fully saturated rings. The van der Waals surface area contributed by atoms with Crippen LogP contribution in [0.15, 0.2) is 24.3 Å². The van der Waals surface area contributed by atoms with Crippen LogP contribution >= 0.6 is 0 Å². The molecule has 0 bridgehead atoms. The summed E-state index contributed by atoms with van der Waals surface area (Å²) in [5, 5.41) is 5.57. The number of carbonyl (C=O) groups excluding carboxylic acids is 3. The van der Waals surface area contributed by atoms with Crippen molar-refractivity contribution in [1.29, 1.82) is 0 Å². The number of fused-ring (bicyclic) bond motifs is 2. The first-order valence-electron chi connectivity index (χ1n) is 7.09. The molecule has 22 heavy (non-hydrogen) atoms. The van der Waals surface area contributed by atoms with Gasteiger partial charge in [0.2, 0.25) is 11.8 Å². The number of rotatable bonds is 3. The van der Waals surface area contributed by atoms with Crippen LogP contribution in [0.1, 0.15) is 16.8 Å². The average molecular weight is 303 g/mol. The van der Waals surface area contributed by atoms with Gasteiger partial charge >= 0.3 is 0 Å². The Morgan fingerprint density at radius 2 is 2.18 bits per heavy atom. The summed E-state index contributed by atoms with van der Waals surface area (Å²) in [6.45, 7) is 0.283. The number of hydrogen-bond acceptors (Lipinski definition) is 4. The largest absolute Gasteiger partial charge is 0.375 e. The van der Waals surface area contributed by atoms with Gasteiger partial charge in [0, 0.05) is 19.7 Å². The van der Waals surface area contributed by atoms with Crippen LogP contribution in [-0.4, -0.2) is 55.0 Å². The van der Waals surface area contributed by atoms with Crippen molar-refractivity contribution in [1.82, 2.24) is 10.2 Å². The molecule has 2 atom stereocenters. The first kappa shape index (κ1) is 14.5. The normalized spacial score (nSPS) is 23.4. The Morgan fingerprint density at radius 3 is 2.95 bits per heavy atom.